The number of hydrogen-bond donors (Lipinski definition) is 1. The van der Waals surface area contributed by atoms with Gasteiger partial charge in [-0.3, -0.25) is 0 Å². The van der Waals surface area contributed by atoms with Crippen molar-refractivity contribution in [1.82, 2.24) is 4.90 Å². The lowest BCUT2D eigenvalue weighted by Crippen LogP contribution is -2.25. The molecule has 1 unspecified atom stereocenters. The van der Waals surface area contributed by atoms with Crippen LogP contribution in [0.2, 0.25) is 0 Å². The Morgan fingerprint density at radius 1 is 1.18 bits per heavy atom. The van der Waals surface area contributed by atoms with Crippen molar-refractivity contribution in [2.75, 3.05) is 19.4 Å². The van der Waals surface area contributed by atoms with Gasteiger partial charge in [0, 0.05) is 18.3 Å². The molecule has 0 spiro atoms. The molecule has 1 N–H and O–H groups in total. The van der Waals surface area contributed by atoms with Crippen LogP contribution in [0, 0.1) is 5.92 Å². The maximum Gasteiger partial charge on any atom is 0.0388 e. The van der Waals surface area contributed by atoms with E-state index in [0.29, 0.717) is 12.0 Å². The zero-order valence-corrected chi connectivity index (χ0v) is 11.8. The normalized spacial score (nSPS) is 13.1. The van der Waals surface area contributed by atoms with Gasteiger partial charge in [-0.1, -0.05) is 39.0 Å². The summed E-state index contributed by atoms with van der Waals surface area (Å²) < 4.78 is 0. The molecule has 2 heteroatoms. The molecule has 2 nitrogen and oxygen atoms in total. The van der Waals surface area contributed by atoms with Gasteiger partial charge in [-0.25, -0.2) is 0 Å². The van der Waals surface area contributed by atoms with Crippen LogP contribution < -0.4 is 5.32 Å². The molecule has 0 heterocycles. The van der Waals surface area contributed by atoms with E-state index in [1.54, 1.807) is 0 Å². The Labute approximate surface area is 106 Å². The van der Waals surface area contributed by atoms with Gasteiger partial charge in [0.1, 0.15) is 0 Å². The number of benzene rings is 1. The van der Waals surface area contributed by atoms with E-state index in [1.165, 1.54) is 11.3 Å². The number of nitrogens with zero attached hydrogens (tertiary/aromatic N) is 1. The van der Waals surface area contributed by atoms with Gasteiger partial charge in [0.05, 0.1) is 0 Å². The van der Waals surface area contributed by atoms with E-state index in [-0.39, 0.29) is 0 Å². The predicted molar refractivity (Wildman–Crippen MR) is 76.4 cm³/mol. The minimum absolute atomic E-state index is 0.554. The topological polar surface area (TPSA) is 15.3 Å². The van der Waals surface area contributed by atoms with Crippen molar-refractivity contribution >= 4 is 5.69 Å². The SMILES string of the molecule is CCC(Nc1ccccc1CN(C)C)C(C)C. The maximum atomic E-state index is 3.68. The highest BCUT2D eigenvalue weighted by atomic mass is 15.1. The third-order valence-corrected chi connectivity index (χ3v) is 3.09. The molecular formula is C15H26N2. The third-order valence-electron chi connectivity index (χ3n) is 3.09. The number of hydrogen-bond acceptors (Lipinski definition) is 2. The van der Waals surface area contributed by atoms with Crippen LogP contribution in [0.5, 0.6) is 0 Å². The smallest absolute Gasteiger partial charge is 0.0388 e. The first-order valence-corrected chi connectivity index (χ1v) is 6.53. The number of rotatable bonds is 6. The quantitative estimate of drug-likeness (QED) is 0.809. The third kappa shape index (κ3) is 4.39. The van der Waals surface area contributed by atoms with Gasteiger partial charge >= 0.3 is 0 Å². The van der Waals surface area contributed by atoms with Crippen LogP contribution in [0.4, 0.5) is 5.69 Å². The molecule has 0 saturated heterocycles. The van der Waals surface area contributed by atoms with Gasteiger partial charge in [-0.05, 0) is 38.1 Å². The Kier molecular flexibility index (Phi) is 5.49. The van der Waals surface area contributed by atoms with Crippen LogP contribution in [0.25, 0.3) is 0 Å². The van der Waals surface area contributed by atoms with Gasteiger partial charge in [-0.2, -0.15) is 0 Å². The van der Waals surface area contributed by atoms with Crippen molar-refractivity contribution in [3.8, 4) is 0 Å². The average molecular weight is 234 g/mol. The van der Waals surface area contributed by atoms with Crippen LogP contribution in [-0.4, -0.2) is 25.0 Å². The van der Waals surface area contributed by atoms with E-state index < -0.39 is 0 Å². The fourth-order valence-corrected chi connectivity index (χ4v) is 2.08. The summed E-state index contributed by atoms with van der Waals surface area (Å²) in [5.41, 5.74) is 2.65. The number of nitrogens with one attached hydrogen (secondary N) is 1. The molecule has 0 radical (unpaired) electrons. The average Bonchev–Trinajstić information content (AvgIpc) is 2.26. The Balaban J connectivity index is 2.82. The first kappa shape index (κ1) is 14.0. The molecule has 0 saturated carbocycles. The first-order chi connectivity index (χ1) is 8.04. The largest absolute Gasteiger partial charge is 0.382 e. The van der Waals surface area contributed by atoms with Gasteiger partial charge in [0.2, 0.25) is 0 Å². The first-order valence-electron chi connectivity index (χ1n) is 6.53. The number of anilines is 1. The van der Waals surface area contributed by atoms with Crippen LogP contribution in [0.15, 0.2) is 24.3 Å². The second-order valence-corrected chi connectivity index (χ2v) is 5.30. The van der Waals surface area contributed by atoms with E-state index in [0.717, 1.165) is 13.0 Å². The van der Waals surface area contributed by atoms with Gasteiger partial charge < -0.3 is 10.2 Å². The lowest BCUT2D eigenvalue weighted by molar-refractivity contribution is 0.402. The van der Waals surface area contributed by atoms with E-state index in [2.05, 4.69) is 69.3 Å². The minimum atomic E-state index is 0.554. The molecule has 1 aromatic rings. The molecule has 1 atom stereocenters. The molecule has 17 heavy (non-hydrogen) atoms. The maximum absolute atomic E-state index is 3.68. The molecule has 0 aliphatic heterocycles. The highest BCUT2D eigenvalue weighted by Gasteiger charge is 2.12. The predicted octanol–water partition coefficient (Wildman–Crippen LogP) is 3.59. The summed E-state index contributed by atoms with van der Waals surface area (Å²) in [5, 5.41) is 3.68. The van der Waals surface area contributed by atoms with Gasteiger partial charge in [-0.15, -0.1) is 0 Å². The van der Waals surface area contributed by atoms with E-state index in [1.807, 2.05) is 0 Å². The molecule has 0 fully saturated rings. The minimum Gasteiger partial charge on any atom is -0.382 e. The van der Waals surface area contributed by atoms with Crippen LogP contribution in [0.1, 0.15) is 32.8 Å². The molecule has 0 amide bonds. The van der Waals surface area contributed by atoms with Crippen molar-refractivity contribution in [2.45, 2.75) is 39.8 Å². The summed E-state index contributed by atoms with van der Waals surface area (Å²) in [5.74, 6) is 0.660. The highest BCUT2D eigenvalue weighted by Crippen LogP contribution is 2.20. The van der Waals surface area contributed by atoms with Gasteiger partial charge in [0.15, 0.2) is 0 Å². The van der Waals surface area contributed by atoms with Crippen LogP contribution in [-0.2, 0) is 6.54 Å². The Morgan fingerprint density at radius 3 is 2.35 bits per heavy atom. The molecule has 1 aromatic carbocycles. The zero-order valence-electron chi connectivity index (χ0n) is 11.8. The molecule has 96 valence electrons. The Bertz CT molecular complexity index is 331. The van der Waals surface area contributed by atoms with Crippen molar-refractivity contribution in [3.05, 3.63) is 29.8 Å². The molecular weight excluding hydrogens is 208 g/mol. The molecule has 0 aliphatic rings. The summed E-state index contributed by atoms with van der Waals surface area (Å²) in [6.07, 6.45) is 1.16. The van der Waals surface area contributed by atoms with E-state index in [9.17, 15) is 0 Å². The van der Waals surface area contributed by atoms with Crippen molar-refractivity contribution in [1.29, 1.82) is 0 Å². The summed E-state index contributed by atoms with van der Waals surface area (Å²) >= 11 is 0. The molecule has 0 bridgehead atoms. The summed E-state index contributed by atoms with van der Waals surface area (Å²) in [6, 6.07) is 9.16. The molecule has 0 aromatic heterocycles. The fraction of sp³-hybridized carbons (Fsp3) is 0.600. The number of para-hydroxylation sites is 1. The Morgan fingerprint density at radius 2 is 1.82 bits per heavy atom. The summed E-state index contributed by atoms with van der Waals surface area (Å²) in [4.78, 5) is 2.21. The lowest BCUT2D eigenvalue weighted by atomic mass is 10.0. The van der Waals surface area contributed by atoms with Crippen molar-refractivity contribution < 1.29 is 0 Å². The van der Waals surface area contributed by atoms with E-state index in [4.69, 9.17) is 0 Å². The van der Waals surface area contributed by atoms with E-state index >= 15 is 0 Å². The fourth-order valence-electron chi connectivity index (χ4n) is 2.08. The Hall–Kier alpha value is -1.02. The molecule has 0 aliphatic carbocycles. The van der Waals surface area contributed by atoms with Crippen LogP contribution >= 0.6 is 0 Å². The standard InChI is InChI=1S/C15H26N2/c1-6-14(12(2)3)16-15-10-8-7-9-13(15)11-17(4)5/h7-10,12,14,16H,6,11H2,1-5H3. The molecule has 1 rings (SSSR count). The van der Waals surface area contributed by atoms with Crippen molar-refractivity contribution in [3.63, 3.8) is 0 Å². The lowest BCUT2D eigenvalue weighted by Gasteiger charge is -2.24. The summed E-state index contributed by atoms with van der Waals surface area (Å²) in [7, 11) is 4.22. The van der Waals surface area contributed by atoms with Gasteiger partial charge in [0.25, 0.3) is 0 Å². The zero-order chi connectivity index (χ0) is 12.8. The monoisotopic (exact) mass is 234 g/mol. The highest BCUT2D eigenvalue weighted by molar-refractivity contribution is 5.51. The summed E-state index contributed by atoms with van der Waals surface area (Å²) in [6.45, 7) is 7.77. The van der Waals surface area contributed by atoms with Crippen LogP contribution in [0.3, 0.4) is 0 Å². The second kappa shape index (κ2) is 6.65. The second-order valence-electron chi connectivity index (χ2n) is 5.30. The van der Waals surface area contributed by atoms with Crippen molar-refractivity contribution in [2.24, 2.45) is 5.92 Å².